The van der Waals surface area contributed by atoms with E-state index in [1.807, 2.05) is 30.3 Å². The zero-order chi connectivity index (χ0) is 13.0. The molecule has 0 bridgehead atoms. The summed E-state index contributed by atoms with van der Waals surface area (Å²) in [5, 5.41) is 14.7. The second-order valence-corrected chi connectivity index (χ2v) is 4.31. The minimum atomic E-state index is -0.477. The van der Waals surface area contributed by atoms with Crippen molar-refractivity contribution in [2.45, 2.75) is 24.9 Å². The number of carbonyl (C=O) groups excluding carboxylic acids is 2. The maximum absolute atomic E-state index is 11.9. The molecular weight excluding hydrogens is 232 g/mol. The standard InChI is InChI=1S/C13H16N2O3/c16-8-11(9-4-2-1-3-5-9)15-13(18)10-6-7-12(17)14-10/h1-5,10-11,16H,6-8H2,(H,14,17)(H,15,18)/t10-,11?/m0/s1. The number of aliphatic hydroxyl groups is 1. The van der Waals surface area contributed by atoms with Crippen LogP contribution in [-0.4, -0.2) is 29.6 Å². The van der Waals surface area contributed by atoms with E-state index in [4.69, 9.17) is 0 Å². The van der Waals surface area contributed by atoms with Gasteiger partial charge in [0, 0.05) is 6.42 Å². The summed E-state index contributed by atoms with van der Waals surface area (Å²) >= 11 is 0. The Kier molecular flexibility index (Phi) is 3.94. The summed E-state index contributed by atoms with van der Waals surface area (Å²) in [5.41, 5.74) is 0.845. The highest BCUT2D eigenvalue weighted by Crippen LogP contribution is 2.13. The number of carbonyl (C=O) groups is 2. The van der Waals surface area contributed by atoms with Crippen molar-refractivity contribution in [3.63, 3.8) is 0 Å². The zero-order valence-corrected chi connectivity index (χ0v) is 9.93. The topological polar surface area (TPSA) is 78.4 Å². The Labute approximate surface area is 105 Å². The fourth-order valence-corrected chi connectivity index (χ4v) is 2.00. The van der Waals surface area contributed by atoms with Gasteiger partial charge in [0.2, 0.25) is 11.8 Å². The number of benzene rings is 1. The molecule has 0 aliphatic carbocycles. The Hall–Kier alpha value is -1.88. The minimum absolute atomic E-state index is 0.101. The molecule has 1 aliphatic rings. The molecule has 0 aromatic heterocycles. The first-order valence-corrected chi connectivity index (χ1v) is 5.96. The predicted octanol–water partition coefficient (Wildman–Crippen LogP) is 0.115. The fourth-order valence-electron chi connectivity index (χ4n) is 2.00. The van der Waals surface area contributed by atoms with Crippen molar-refractivity contribution in [2.75, 3.05) is 6.61 Å². The predicted molar refractivity (Wildman–Crippen MR) is 65.6 cm³/mol. The van der Waals surface area contributed by atoms with Crippen LogP contribution < -0.4 is 10.6 Å². The molecule has 1 aromatic rings. The number of hydrogen-bond donors (Lipinski definition) is 3. The molecule has 18 heavy (non-hydrogen) atoms. The van der Waals surface area contributed by atoms with Crippen LogP contribution in [0.3, 0.4) is 0 Å². The van der Waals surface area contributed by atoms with E-state index in [0.29, 0.717) is 12.8 Å². The van der Waals surface area contributed by atoms with Gasteiger partial charge in [-0.25, -0.2) is 0 Å². The monoisotopic (exact) mass is 248 g/mol. The average Bonchev–Trinajstić information content (AvgIpc) is 2.83. The smallest absolute Gasteiger partial charge is 0.243 e. The van der Waals surface area contributed by atoms with E-state index < -0.39 is 12.1 Å². The Morgan fingerprint density at radius 3 is 2.72 bits per heavy atom. The first kappa shape index (κ1) is 12.6. The molecule has 0 spiro atoms. The van der Waals surface area contributed by atoms with E-state index >= 15 is 0 Å². The van der Waals surface area contributed by atoms with Crippen molar-refractivity contribution in [3.05, 3.63) is 35.9 Å². The maximum Gasteiger partial charge on any atom is 0.243 e. The summed E-state index contributed by atoms with van der Waals surface area (Å²) in [4.78, 5) is 22.9. The van der Waals surface area contributed by atoms with Gasteiger partial charge in [-0.3, -0.25) is 9.59 Å². The summed E-state index contributed by atoms with van der Waals surface area (Å²) in [5.74, 6) is -0.348. The van der Waals surface area contributed by atoms with E-state index in [9.17, 15) is 14.7 Å². The second-order valence-electron chi connectivity index (χ2n) is 4.31. The van der Waals surface area contributed by atoms with Gasteiger partial charge in [0.1, 0.15) is 6.04 Å². The fraction of sp³-hybridized carbons (Fsp3) is 0.385. The van der Waals surface area contributed by atoms with Crippen molar-refractivity contribution in [2.24, 2.45) is 0 Å². The summed E-state index contributed by atoms with van der Waals surface area (Å²) in [6.07, 6.45) is 0.894. The number of aliphatic hydroxyl groups excluding tert-OH is 1. The van der Waals surface area contributed by atoms with Crippen LogP contribution in [-0.2, 0) is 9.59 Å². The van der Waals surface area contributed by atoms with Crippen molar-refractivity contribution >= 4 is 11.8 Å². The van der Waals surface area contributed by atoms with Crippen LogP contribution in [0.1, 0.15) is 24.4 Å². The molecule has 1 aromatic carbocycles. The molecule has 0 radical (unpaired) electrons. The van der Waals surface area contributed by atoms with E-state index in [1.54, 1.807) is 0 Å². The van der Waals surface area contributed by atoms with Gasteiger partial charge >= 0.3 is 0 Å². The third kappa shape index (κ3) is 2.87. The highest BCUT2D eigenvalue weighted by molar-refractivity contribution is 5.90. The first-order chi connectivity index (χ1) is 8.70. The summed E-state index contributed by atoms with van der Waals surface area (Å²) < 4.78 is 0. The van der Waals surface area contributed by atoms with Crippen LogP contribution in [0.5, 0.6) is 0 Å². The third-order valence-electron chi connectivity index (χ3n) is 3.01. The molecule has 1 unspecified atom stereocenters. The van der Waals surface area contributed by atoms with Gasteiger partial charge in [0.25, 0.3) is 0 Å². The molecule has 5 nitrogen and oxygen atoms in total. The molecule has 1 aliphatic heterocycles. The minimum Gasteiger partial charge on any atom is -0.394 e. The van der Waals surface area contributed by atoms with Crippen LogP contribution in [0.2, 0.25) is 0 Å². The Balaban J connectivity index is 1.98. The van der Waals surface area contributed by atoms with Crippen LogP contribution in [0.4, 0.5) is 0 Å². The lowest BCUT2D eigenvalue weighted by molar-refractivity contribution is -0.126. The van der Waals surface area contributed by atoms with E-state index in [2.05, 4.69) is 10.6 Å². The van der Waals surface area contributed by atoms with Crippen molar-refractivity contribution in [3.8, 4) is 0 Å². The first-order valence-electron chi connectivity index (χ1n) is 5.96. The lowest BCUT2D eigenvalue weighted by Crippen LogP contribution is -2.43. The maximum atomic E-state index is 11.9. The summed E-state index contributed by atoms with van der Waals surface area (Å²) in [6, 6.07) is 8.34. The Morgan fingerprint density at radius 1 is 1.44 bits per heavy atom. The molecule has 2 amide bonds. The molecule has 2 rings (SSSR count). The average molecular weight is 248 g/mol. The van der Waals surface area contributed by atoms with Crippen LogP contribution >= 0.6 is 0 Å². The van der Waals surface area contributed by atoms with Crippen molar-refractivity contribution in [1.82, 2.24) is 10.6 Å². The molecule has 3 N–H and O–H groups in total. The van der Waals surface area contributed by atoms with Crippen LogP contribution in [0.15, 0.2) is 30.3 Å². The van der Waals surface area contributed by atoms with Gasteiger partial charge < -0.3 is 15.7 Å². The lowest BCUT2D eigenvalue weighted by Gasteiger charge is -2.19. The van der Waals surface area contributed by atoms with Crippen LogP contribution in [0.25, 0.3) is 0 Å². The zero-order valence-electron chi connectivity index (χ0n) is 9.93. The van der Waals surface area contributed by atoms with Gasteiger partial charge in [-0.1, -0.05) is 30.3 Å². The van der Waals surface area contributed by atoms with Gasteiger partial charge in [0.05, 0.1) is 12.6 Å². The summed E-state index contributed by atoms with van der Waals surface area (Å²) in [6.45, 7) is -0.170. The number of amides is 2. The van der Waals surface area contributed by atoms with Crippen molar-refractivity contribution in [1.29, 1.82) is 0 Å². The molecule has 1 fully saturated rings. The van der Waals surface area contributed by atoms with Gasteiger partial charge in [0.15, 0.2) is 0 Å². The van der Waals surface area contributed by atoms with Crippen molar-refractivity contribution < 1.29 is 14.7 Å². The number of rotatable bonds is 4. The molecule has 2 atom stereocenters. The third-order valence-corrected chi connectivity index (χ3v) is 3.01. The van der Waals surface area contributed by atoms with E-state index in [-0.39, 0.29) is 18.4 Å². The number of hydrogen-bond acceptors (Lipinski definition) is 3. The molecule has 96 valence electrons. The van der Waals surface area contributed by atoms with E-state index in [1.165, 1.54) is 0 Å². The Bertz CT molecular complexity index is 433. The van der Waals surface area contributed by atoms with Gasteiger partial charge in [-0.2, -0.15) is 0 Å². The molecule has 0 saturated carbocycles. The summed E-state index contributed by atoms with van der Waals surface area (Å²) in [7, 11) is 0. The highest BCUT2D eigenvalue weighted by atomic mass is 16.3. The molecule has 1 heterocycles. The Morgan fingerprint density at radius 2 is 2.17 bits per heavy atom. The van der Waals surface area contributed by atoms with Crippen LogP contribution in [0, 0.1) is 0 Å². The lowest BCUT2D eigenvalue weighted by atomic mass is 10.1. The SMILES string of the molecule is O=C1CC[C@@H](C(=O)NC(CO)c2ccccc2)N1. The quantitative estimate of drug-likeness (QED) is 0.708. The van der Waals surface area contributed by atoms with Gasteiger partial charge in [-0.15, -0.1) is 0 Å². The highest BCUT2D eigenvalue weighted by Gasteiger charge is 2.28. The molecule has 1 saturated heterocycles. The van der Waals surface area contributed by atoms with E-state index in [0.717, 1.165) is 5.56 Å². The largest absolute Gasteiger partial charge is 0.394 e. The van der Waals surface area contributed by atoms with Gasteiger partial charge in [-0.05, 0) is 12.0 Å². The normalized spacial score (nSPS) is 20.3. The second kappa shape index (κ2) is 5.64. The molecule has 5 heteroatoms. The number of nitrogens with one attached hydrogen (secondary N) is 2. The molecular formula is C13H16N2O3.